The van der Waals surface area contributed by atoms with Crippen LogP contribution in [0, 0.1) is 11.3 Å². The third kappa shape index (κ3) is 4.16. The molecule has 0 saturated carbocycles. The van der Waals surface area contributed by atoms with Crippen molar-refractivity contribution in [3.8, 4) is 17.6 Å². The molecule has 0 saturated heterocycles. The topological polar surface area (TPSA) is 71.3 Å². The predicted octanol–water partition coefficient (Wildman–Crippen LogP) is 2.25. The van der Waals surface area contributed by atoms with Crippen molar-refractivity contribution in [3.05, 3.63) is 23.8 Å². The maximum atomic E-state index is 11.9. The minimum atomic E-state index is -0.633. The number of methoxy groups -OCH3 is 1. The highest BCUT2D eigenvalue weighted by atomic mass is 16.5. The van der Waals surface area contributed by atoms with Gasteiger partial charge in [-0.2, -0.15) is 5.26 Å². The van der Waals surface area contributed by atoms with Gasteiger partial charge in [0.1, 0.15) is 0 Å². The Labute approximate surface area is 119 Å². The van der Waals surface area contributed by atoms with Gasteiger partial charge in [-0.25, -0.2) is 0 Å². The summed E-state index contributed by atoms with van der Waals surface area (Å²) in [5.74, 6) is 0.705. The van der Waals surface area contributed by atoms with E-state index < -0.39 is 6.10 Å². The van der Waals surface area contributed by atoms with Gasteiger partial charge >= 0.3 is 0 Å². The van der Waals surface area contributed by atoms with Gasteiger partial charge in [0.25, 0.3) is 5.91 Å². The molecule has 0 aliphatic carbocycles. The SMILES string of the molecule is CCC(C)NC(=O)C(C)Oc1ccc(C#N)cc1OC. The van der Waals surface area contributed by atoms with Crippen LogP contribution < -0.4 is 14.8 Å². The van der Waals surface area contributed by atoms with Crippen LogP contribution in [0.1, 0.15) is 32.8 Å². The number of carbonyl (C=O) groups excluding carboxylic acids is 1. The van der Waals surface area contributed by atoms with Crippen LogP contribution in [-0.2, 0) is 4.79 Å². The molecule has 1 amide bonds. The lowest BCUT2D eigenvalue weighted by Crippen LogP contribution is -2.41. The third-order valence-electron chi connectivity index (χ3n) is 2.97. The van der Waals surface area contributed by atoms with E-state index in [2.05, 4.69) is 5.32 Å². The molecule has 0 aromatic heterocycles. The summed E-state index contributed by atoms with van der Waals surface area (Å²) in [4.78, 5) is 11.9. The summed E-state index contributed by atoms with van der Waals surface area (Å²) in [6.07, 6.45) is 0.226. The molecule has 5 nitrogen and oxygen atoms in total. The van der Waals surface area contributed by atoms with Crippen LogP contribution in [0.4, 0.5) is 0 Å². The zero-order valence-electron chi connectivity index (χ0n) is 12.3. The monoisotopic (exact) mass is 276 g/mol. The minimum Gasteiger partial charge on any atom is -0.493 e. The van der Waals surface area contributed by atoms with Gasteiger partial charge < -0.3 is 14.8 Å². The first kappa shape index (κ1) is 15.8. The number of rotatable bonds is 6. The molecule has 2 atom stereocenters. The number of hydrogen-bond donors (Lipinski definition) is 1. The molecule has 5 heteroatoms. The number of ether oxygens (including phenoxy) is 2. The Morgan fingerprint density at radius 2 is 2.10 bits per heavy atom. The van der Waals surface area contributed by atoms with Crippen LogP contribution in [0.2, 0.25) is 0 Å². The third-order valence-corrected chi connectivity index (χ3v) is 2.97. The summed E-state index contributed by atoms with van der Waals surface area (Å²) in [5, 5.41) is 11.7. The van der Waals surface area contributed by atoms with Gasteiger partial charge in [-0.1, -0.05) is 6.92 Å². The van der Waals surface area contributed by atoms with E-state index in [0.29, 0.717) is 17.1 Å². The summed E-state index contributed by atoms with van der Waals surface area (Å²) < 4.78 is 10.8. The maximum Gasteiger partial charge on any atom is 0.260 e. The summed E-state index contributed by atoms with van der Waals surface area (Å²) in [5.41, 5.74) is 0.478. The fraction of sp³-hybridized carbons (Fsp3) is 0.467. The van der Waals surface area contributed by atoms with Crippen LogP contribution in [0.3, 0.4) is 0 Å². The summed E-state index contributed by atoms with van der Waals surface area (Å²) in [6.45, 7) is 5.61. The van der Waals surface area contributed by atoms with Gasteiger partial charge in [-0.15, -0.1) is 0 Å². The van der Waals surface area contributed by atoms with Crippen LogP contribution in [0.5, 0.6) is 11.5 Å². The quantitative estimate of drug-likeness (QED) is 0.865. The standard InChI is InChI=1S/C15H20N2O3/c1-5-10(2)17-15(18)11(3)20-13-7-6-12(9-16)8-14(13)19-4/h6-8,10-11H,5H2,1-4H3,(H,17,18). The van der Waals surface area contributed by atoms with E-state index in [0.717, 1.165) is 6.42 Å². The van der Waals surface area contributed by atoms with Crippen LogP contribution in [-0.4, -0.2) is 25.2 Å². The molecule has 0 aliphatic rings. The Bertz CT molecular complexity index is 508. The highest BCUT2D eigenvalue weighted by molar-refractivity contribution is 5.81. The molecule has 20 heavy (non-hydrogen) atoms. The van der Waals surface area contributed by atoms with Crippen molar-refractivity contribution >= 4 is 5.91 Å². The zero-order chi connectivity index (χ0) is 15.1. The number of nitrogens with one attached hydrogen (secondary N) is 1. The maximum absolute atomic E-state index is 11.9. The van der Waals surface area contributed by atoms with Crippen molar-refractivity contribution in [1.82, 2.24) is 5.32 Å². The van der Waals surface area contributed by atoms with E-state index in [1.807, 2.05) is 19.9 Å². The normalized spacial score (nSPS) is 12.9. The largest absolute Gasteiger partial charge is 0.493 e. The molecule has 1 rings (SSSR count). The van der Waals surface area contributed by atoms with Crippen LogP contribution in [0.15, 0.2) is 18.2 Å². The molecule has 2 unspecified atom stereocenters. The first-order chi connectivity index (χ1) is 9.51. The molecule has 0 bridgehead atoms. The van der Waals surface area contributed by atoms with Crippen molar-refractivity contribution < 1.29 is 14.3 Å². The lowest BCUT2D eigenvalue weighted by atomic mass is 10.2. The average Bonchev–Trinajstić information content (AvgIpc) is 2.47. The van der Waals surface area contributed by atoms with Crippen molar-refractivity contribution in [2.75, 3.05) is 7.11 Å². The van der Waals surface area contributed by atoms with Crippen LogP contribution >= 0.6 is 0 Å². The molecule has 0 radical (unpaired) electrons. The highest BCUT2D eigenvalue weighted by Gasteiger charge is 2.18. The predicted molar refractivity (Wildman–Crippen MR) is 75.7 cm³/mol. The summed E-state index contributed by atoms with van der Waals surface area (Å²) in [7, 11) is 1.49. The fourth-order valence-corrected chi connectivity index (χ4v) is 1.54. The Balaban J connectivity index is 2.77. The van der Waals surface area contributed by atoms with Gasteiger partial charge in [-0.3, -0.25) is 4.79 Å². The molecule has 1 aromatic rings. The average molecular weight is 276 g/mol. The number of benzene rings is 1. The van der Waals surface area contributed by atoms with E-state index in [-0.39, 0.29) is 11.9 Å². The lowest BCUT2D eigenvalue weighted by molar-refractivity contribution is -0.127. The van der Waals surface area contributed by atoms with E-state index in [1.54, 1.807) is 25.1 Å². The molecule has 108 valence electrons. The van der Waals surface area contributed by atoms with Crippen LogP contribution in [0.25, 0.3) is 0 Å². The number of nitriles is 1. The molecule has 0 fully saturated rings. The Morgan fingerprint density at radius 1 is 1.40 bits per heavy atom. The molecule has 1 N–H and O–H groups in total. The smallest absolute Gasteiger partial charge is 0.260 e. The molecule has 0 spiro atoms. The van der Waals surface area contributed by atoms with E-state index in [4.69, 9.17) is 14.7 Å². The van der Waals surface area contributed by atoms with Crippen molar-refractivity contribution in [2.24, 2.45) is 0 Å². The van der Waals surface area contributed by atoms with E-state index in [9.17, 15) is 4.79 Å². The molecule has 0 aliphatic heterocycles. The molecular weight excluding hydrogens is 256 g/mol. The second-order valence-electron chi connectivity index (χ2n) is 4.56. The second kappa shape index (κ2) is 7.39. The molecule has 1 aromatic carbocycles. The van der Waals surface area contributed by atoms with Gasteiger partial charge in [0.05, 0.1) is 18.7 Å². The fourth-order valence-electron chi connectivity index (χ4n) is 1.54. The first-order valence-electron chi connectivity index (χ1n) is 6.57. The number of nitrogens with zero attached hydrogens (tertiary/aromatic N) is 1. The van der Waals surface area contributed by atoms with Crippen molar-refractivity contribution in [2.45, 2.75) is 39.3 Å². The summed E-state index contributed by atoms with van der Waals surface area (Å²) in [6, 6.07) is 6.96. The Kier molecular flexibility index (Phi) is 5.85. The molecule has 0 heterocycles. The van der Waals surface area contributed by atoms with Crippen molar-refractivity contribution in [1.29, 1.82) is 5.26 Å². The minimum absolute atomic E-state index is 0.108. The lowest BCUT2D eigenvalue weighted by Gasteiger charge is -2.19. The van der Waals surface area contributed by atoms with E-state index in [1.165, 1.54) is 7.11 Å². The van der Waals surface area contributed by atoms with Gasteiger partial charge in [0.2, 0.25) is 0 Å². The zero-order valence-corrected chi connectivity index (χ0v) is 12.3. The Hall–Kier alpha value is -2.22. The van der Waals surface area contributed by atoms with Crippen molar-refractivity contribution in [3.63, 3.8) is 0 Å². The van der Waals surface area contributed by atoms with Gasteiger partial charge in [0, 0.05) is 12.1 Å². The molecular formula is C15H20N2O3. The number of amides is 1. The second-order valence-corrected chi connectivity index (χ2v) is 4.56. The highest BCUT2D eigenvalue weighted by Crippen LogP contribution is 2.28. The number of hydrogen-bond acceptors (Lipinski definition) is 4. The summed E-state index contributed by atoms with van der Waals surface area (Å²) >= 11 is 0. The number of carbonyl (C=O) groups is 1. The van der Waals surface area contributed by atoms with Gasteiger partial charge in [-0.05, 0) is 32.4 Å². The van der Waals surface area contributed by atoms with E-state index >= 15 is 0 Å². The Morgan fingerprint density at radius 3 is 2.65 bits per heavy atom. The van der Waals surface area contributed by atoms with Gasteiger partial charge in [0.15, 0.2) is 17.6 Å². The first-order valence-corrected chi connectivity index (χ1v) is 6.57.